The molecule has 0 atom stereocenters. The fourth-order valence-electron chi connectivity index (χ4n) is 2.88. The van der Waals surface area contributed by atoms with Crippen LogP contribution in [0, 0.1) is 11.3 Å². The third-order valence-electron chi connectivity index (χ3n) is 4.49. The molecule has 0 spiro atoms. The van der Waals surface area contributed by atoms with Crippen molar-refractivity contribution in [3.05, 3.63) is 83.4 Å². The van der Waals surface area contributed by atoms with Crippen LogP contribution in [0.3, 0.4) is 0 Å². The van der Waals surface area contributed by atoms with E-state index in [0.29, 0.717) is 34.1 Å². The number of nitrogens with zero attached hydrogens (tertiary/aromatic N) is 1. The Balaban J connectivity index is 1.83. The second-order valence-corrected chi connectivity index (χ2v) is 6.46. The molecule has 6 heteroatoms. The van der Waals surface area contributed by atoms with Gasteiger partial charge in [-0.1, -0.05) is 12.1 Å². The van der Waals surface area contributed by atoms with Crippen molar-refractivity contribution < 1.29 is 23.7 Å². The van der Waals surface area contributed by atoms with Crippen molar-refractivity contribution in [1.29, 1.82) is 5.26 Å². The van der Waals surface area contributed by atoms with Gasteiger partial charge < -0.3 is 18.9 Å². The number of ether oxygens (including phenoxy) is 4. The monoisotopic (exact) mass is 415 g/mol. The Hall–Kier alpha value is -4.24. The maximum absolute atomic E-state index is 12.6. The minimum absolute atomic E-state index is 0.299. The first-order valence-electron chi connectivity index (χ1n) is 9.38. The summed E-state index contributed by atoms with van der Waals surface area (Å²) in [4.78, 5) is 12.6. The molecular formula is C25H21NO5. The van der Waals surface area contributed by atoms with E-state index < -0.39 is 5.97 Å². The molecule has 0 N–H and O–H groups in total. The number of carbonyl (C=O) groups is 1. The molecule has 3 rings (SSSR count). The van der Waals surface area contributed by atoms with Crippen molar-refractivity contribution in [3.63, 3.8) is 0 Å². The number of rotatable bonds is 7. The minimum atomic E-state index is -0.547. The van der Waals surface area contributed by atoms with E-state index in [1.807, 2.05) is 18.2 Å². The Morgan fingerprint density at radius 1 is 0.774 bits per heavy atom. The lowest BCUT2D eigenvalue weighted by molar-refractivity contribution is 0.0734. The molecule has 0 saturated carbocycles. The van der Waals surface area contributed by atoms with Gasteiger partial charge in [0.2, 0.25) is 0 Å². The summed E-state index contributed by atoms with van der Waals surface area (Å²) in [6.07, 6.45) is 1.73. The zero-order valence-electron chi connectivity index (χ0n) is 17.4. The third kappa shape index (κ3) is 5.43. The average Bonchev–Trinajstić information content (AvgIpc) is 2.82. The largest absolute Gasteiger partial charge is 0.497 e. The molecule has 0 aliphatic heterocycles. The van der Waals surface area contributed by atoms with Crippen molar-refractivity contribution in [2.75, 3.05) is 21.3 Å². The maximum atomic E-state index is 12.6. The highest BCUT2D eigenvalue weighted by atomic mass is 16.5. The van der Waals surface area contributed by atoms with Crippen LogP contribution in [0.15, 0.2) is 66.7 Å². The number of methoxy groups -OCH3 is 3. The summed E-state index contributed by atoms with van der Waals surface area (Å²) < 4.78 is 21.1. The smallest absolute Gasteiger partial charge is 0.343 e. The number of carbonyl (C=O) groups excluding carboxylic acids is 1. The number of benzene rings is 3. The molecule has 0 heterocycles. The first kappa shape index (κ1) is 21.5. The van der Waals surface area contributed by atoms with E-state index in [0.717, 1.165) is 11.1 Å². The van der Waals surface area contributed by atoms with Crippen LogP contribution in [0.4, 0.5) is 0 Å². The first-order valence-corrected chi connectivity index (χ1v) is 9.38. The molecule has 0 radical (unpaired) electrons. The molecule has 31 heavy (non-hydrogen) atoms. The summed E-state index contributed by atoms with van der Waals surface area (Å²) >= 11 is 0. The van der Waals surface area contributed by atoms with Gasteiger partial charge in [-0.15, -0.1) is 0 Å². The van der Waals surface area contributed by atoms with Gasteiger partial charge in [0.15, 0.2) is 0 Å². The number of hydrogen-bond donors (Lipinski definition) is 0. The Bertz CT molecular complexity index is 1120. The standard InChI is InChI=1S/C25H21NO5/c1-28-21-9-7-18(8-10-21)20(16-26)11-17-5-4-6-22(12-17)31-25(27)19-13-23(29-2)15-24(14-19)30-3/h4-15H,1-3H3/b20-11-. The highest BCUT2D eigenvalue weighted by Crippen LogP contribution is 2.25. The van der Waals surface area contributed by atoms with Crippen molar-refractivity contribution in [2.45, 2.75) is 0 Å². The van der Waals surface area contributed by atoms with E-state index in [-0.39, 0.29) is 0 Å². The fraction of sp³-hybridized carbons (Fsp3) is 0.120. The normalized spacial score (nSPS) is 10.7. The van der Waals surface area contributed by atoms with Crippen molar-refractivity contribution >= 4 is 17.6 Å². The topological polar surface area (TPSA) is 77.8 Å². The second kappa shape index (κ2) is 9.99. The first-order chi connectivity index (χ1) is 15.1. The molecule has 156 valence electrons. The maximum Gasteiger partial charge on any atom is 0.343 e. The molecule has 3 aromatic carbocycles. The molecule has 0 saturated heterocycles. The summed E-state index contributed by atoms with van der Waals surface area (Å²) in [6, 6.07) is 21.2. The Kier molecular flexibility index (Phi) is 6.92. The van der Waals surface area contributed by atoms with Crippen LogP contribution in [0.25, 0.3) is 11.6 Å². The van der Waals surface area contributed by atoms with Gasteiger partial charge in [0.05, 0.1) is 38.5 Å². The van der Waals surface area contributed by atoms with E-state index in [1.165, 1.54) is 14.2 Å². The number of hydrogen-bond acceptors (Lipinski definition) is 6. The molecule has 3 aromatic rings. The molecule has 0 unspecified atom stereocenters. The summed E-state index contributed by atoms with van der Waals surface area (Å²) in [5.74, 6) is 1.49. The number of nitriles is 1. The van der Waals surface area contributed by atoms with Crippen molar-refractivity contribution in [2.24, 2.45) is 0 Å². The van der Waals surface area contributed by atoms with Gasteiger partial charge in [0.1, 0.15) is 23.0 Å². The molecule has 0 aliphatic carbocycles. The zero-order chi connectivity index (χ0) is 22.2. The highest BCUT2D eigenvalue weighted by Gasteiger charge is 2.13. The molecule has 0 aliphatic rings. The van der Waals surface area contributed by atoms with Crippen molar-refractivity contribution in [3.8, 4) is 29.1 Å². The second-order valence-electron chi connectivity index (χ2n) is 6.46. The van der Waals surface area contributed by atoms with Gasteiger partial charge in [-0.25, -0.2) is 4.79 Å². The predicted octanol–water partition coefficient (Wildman–Crippen LogP) is 5.00. The van der Waals surface area contributed by atoms with Gasteiger partial charge >= 0.3 is 5.97 Å². The van der Waals surface area contributed by atoms with Gasteiger partial charge in [-0.3, -0.25) is 0 Å². The fourth-order valence-corrected chi connectivity index (χ4v) is 2.88. The molecule has 0 aromatic heterocycles. The van der Waals surface area contributed by atoms with Crippen LogP contribution in [0.1, 0.15) is 21.5 Å². The summed E-state index contributed by atoms with van der Waals surface area (Å²) in [6.45, 7) is 0. The van der Waals surface area contributed by atoms with E-state index in [4.69, 9.17) is 18.9 Å². The lowest BCUT2D eigenvalue weighted by Crippen LogP contribution is -2.09. The number of esters is 1. The van der Waals surface area contributed by atoms with Gasteiger partial charge in [-0.2, -0.15) is 5.26 Å². The van der Waals surface area contributed by atoms with Gasteiger partial charge in [0.25, 0.3) is 0 Å². The van der Waals surface area contributed by atoms with Crippen LogP contribution in [-0.4, -0.2) is 27.3 Å². The van der Waals surface area contributed by atoms with Crippen LogP contribution < -0.4 is 18.9 Å². The third-order valence-corrected chi connectivity index (χ3v) is 4.49. The van der Waals surface area contributed by atoms with E-state index in [1.54, 1.807) is 61.7 Å². The zero-order valence-corrected chi connectivity index (χ0v) is 17.4. The molecule has 6 nitrogen and oxygen atoms in total. The average molecular weight is 415 g/mol. The minimum Gasteiger partial charge on any atom is -0.497 e. The Morgan fingerprint density at radius 2 is 1.42 bits per heavy atom. The SMILES string of the molecule is COc1ccc(/C(C#N)=C\c2cccc(OC(=O)c3cc(OC)cc(OC)c3)c2)cc1. The molecule has 0 bridgehead atoms. The van der Waals surface area contributed by atoms with Crippen LogP contribution in [-0.2, 0) is 0 Å². The quantitative estimate of drug-likeness (QED) is 0.234. The van der Waals surface area contributed by atoms with Gasteiger partial charge in [-0.05, 0) is 65.7 Å². The Morgan fingerprint density at radius 3 is 2.00 bits per heavy atom. The van der Waals surface area contributed by atoms with E-state index in [9.17, 15) is 10.1 Å². The molecular weight excluding hydrogens is 394 g/mol. The molecule has 0 amide bonds. The summed E-state index contributed by atoms with van der Waals surface area (Å²) in [7, 11) is 4.61. The number of allylic oxidation sites excluding steroid dienone is 1. The van der Waals surface area contributed by atoms with Gasteiger partial charge in [0, 0.05) is 6.07 Å². The highest BCUT2D eigenvalue weighted by molar-refractivity contribution is 5.92. The van der Waals surface area contributed by atoms with E-state index >= 15 is 0 Å². The van der Waals surface area contributed by atoms with Crippen LogP contribution in [0.5, 0.6) is 23.0 Å². The van der Waals surface area contributed by atoms with E-state index in [2.05, 4.69) is 6.07 Å². The van der Waals surface area contributed by atoms with Crippen LogP contribution >= 0.6 is 0 Å². The molecule has 0 fully saturated rings. The lowest BCUT2D eigenvalue weighted by atomic mass is 10.0. The predicted molar refractivity (Wildman–Crippen MR) is 117 cm³/mol. The lowest BCUT2D eigenvalue weighted by Gasteiger charge is -2.09. The summed E-state index contributed by atoms with van der Waals surface area (Å²) in [5.41, 5.74) is 2.26. The van der Waals surface area contributed by atoms with Crippen LogP contribution in [0.2, 0.25) is 0 Å². The summed E-state index contributed by atoms with van der Waals surface area (Å²) in [5, 5.41) is 9.57. The van der Waals surface area contributed by atoms with Crippen molar-refractivity contribution in [1.82, 2.24) is 0 Å². The Labute approximate surface area is 180 Å².